The van der Waals surface area contributed by atoms with Gasteiger partial charge in [-0.25, -0.2) is 0 Å². The first kappa shape index (κ1) is 8.76. The summed E-state index contributed by atoms with van der Waals surface area (Å²) in [5.41, 5.74) is 10.8. The number of thioether (sulfide) groups is 1. The largest absolute Gasteiger partial charge is 0.374 e. The molecular formula is C5H10N4S2. The van der Waals surface area contributed by atoms with Crippen molar-refractivity contribution in [2.45, 2.75) is 16.5 Å². The Kier molecular flexibility index (Phi) is 3.10. The van der Waals surface area contributed by atoms with E-state index in [1.807, 2.05) is 6.92 Å². The fourth-order valence-corrected chi connectivity index (χ4v) is 2.30. The van der Waals surface area contributed by atoms with E-state index in [1.165, 1.54) is 11.3 Å². The third kappa shape index (κ3) is 2.64. The molecule has 1 unspecified atom stereocenters. The van der Waals surface area contributed by atoms with Gasteiger partial charge in [-0.3, -0.25) is 0 Å². The van der Waals surface area contributed by atoms with E-state index < -0.39 is 0 Å². The van der Waals surface area contributed by atoms with Crippen LogP contribution < -0.4 is 11.5 Å². The Balaban J connectivity index is 2.50. The van der Waals surface area contributed by atoms with Crippen LogP contribution in [0.3, 0.4) is 0 Å². The first-order chi connectivity index (χ1) is 5.22. The molecule has 0 saturated heterocycles. The lowest BCUT2D eigenvalue weighted by molar-refractivity contribution is 0.941. The molecule has 4 N–H and O–H groups in total. The number of nitrogens with zero attached hydrogens (tertiary/aromatic N) is 2. The lowest BCUT2D eigenvalue weighted by Gasteiger charge is -2.02. The summed E-state index contributed by atoms with van der Waals surface area (Å²) < 4.78 is 0.889. The second-order valence-corrected chi connectivity index (χ2v) is 4.77. The van der Waals surface area contributed by atoms with Gasteiger partial charge in [-0.15, -0.1) is 10.2 Å². The van der Waals surface area contributed by atoms with Gasteiger partial charge in [0.2, 0.25) is 5.13 Å². The number of rotatable bonds is 3. The summed E-state index contributed by atoms with van der Waals surface area (Å²) in [7, 11) is 0. The van der Waals surface area contributed by atoms with Crippen LogP contribution in [-0.2, 0) is 0 Å². The molecule has 0 fully saturated rings. The lowest BCUT2D eigenvalue weighted by Crippen LogP contribution is -2.11. The van der Waals surface area contributed by atoms with Crippen LogP contribution in [0.25, 0.3) is 0 Å². The third-order valence-electron chi connectivity index (χ3n) is 1.06. The monoisotopic (exact) mass is 190 g/mol. The predicted molar refractivity (Wildman–Crippen MR) is 48.7 cm³/mol. The first-order valence-electron chi connectivity index (χ1n) is 3.18. The summed E-state index contributed by atoms with van der Waals surface area (Å²) in [5, 5.41) is 8.43. The van der Waals surface area contributed by atoms with Gasteiger partial charge in [0.15, 0.2) is 4.34 Å². The predicted octanol–water partition coefficient (Wildman–Crippen LogP) is 0.560. The Morgan fingerprint density at radius 2 is 2.36 bits per heavy atom. The van der Waals surface area contributed by atoms with E-state index in [1.54, 1.807) is 11.8 Å². The minimum absolute atomic E-state index is 0.377. The van der Waals surface area contributed by atoms with Crippen LogP contribution in [0.4, 0.5) is 5.13 Å². The van der Waals surface area contributed by atoms with E-state index in [9.17, 15) is 0 Å². The maximum atomic E-state index is 5.43. The summed E-state index contributed by atoms with van der Waals surface area (Å²) in [6, 6.07) is 0. The van der Waals surface area contributed by atoms with Crippen molar-refractivity contribution in [1.29, 1.82) is 0 Å². The Morgan fingerprint density at radius 3 is 2.82 bits per heavy atom. The van der Waals surface area contributed by atoms with E-state index in [2.05, 4.69) is 10.2 Å². The molecule has 1 heterocycles. The van der Waals surface area contributed by atoms with Crippen molar-refractivity contribution < 1.29 is 0 Å². The van der Waals surface area contributed by atoms with Gasteiger partial charge in [0.05, 0.1) is 0 Å². The van der Waals surface area contributed by atoms with E-state index in [-0.39, 0.29) is 0 Å². The summed E-state index contributed by atoms with van der Waals surface area (Å²) in [6.45, 7) is 2.69. The molecule has 4 nitrogen and oxygen atoms in total. The van der Waals surface area contributed by atoms with Crippen LogP contribution in [0.5, 0.6) is 0 Å². The normalized spacial score (nSPS) is 13.3. The minimum atomic E-state index is 0.377. The zero-order valence-corrected chi connectivity index (χ0v) is 7.78. The maximum Gasteiger partial charge on any atom is 0.203 e. The van der Waals surface area contributed by atoms with Crippen molar-refractivity contribution in [3.8, 4) is 0 Å². The molecule has 0 saturated carbocycles. The highest BCUT2D eigenvalue weighted by molar-refractivity contribution is 8.01. The van der Waals surface area contributed by atoms with Crippen molar-refractivity contribution >= 4 is 28.2 Å². The molecule has 0 radical (unpaired) electrons. The molecule has 1 aromatic rings. The molecule has 1 aromatic heterocycles. The van der Waals surface area contributed by atoms with Crippen molar-refractivity contribution in [3.05, 3.63) is 0 Å². The zero-order chi connectivity index (χ0) is 8.27. The Morgan fingerprint density at radius 1 is 1.64 bits per heavy atom. The first-order valence-corrected chi connectivity index (χ1v) is 4.87. The summed E-state index contributed by atoms with van der Waals surface area (Å²) in [6.07, 6.45) is 0. The number of nitrogen functional groups attached to an aromatic ring is 1. The van der Waals surface area contributed by atoms with Gasteiger partial charge in [0.25, 0.3) is 0 Å². The SMILES string of the molecule is CC(CN)Sc1nnc(N)s1. The molecule has 0 amide bonds. The second kappa shape index (κ2) is 3.89. The second-order valence-electron chi connectivity index (χ2n) is 2.07. The maximum absolute atomic E-state index is 5.43. The Bertz CT molecular complexity index is 224. The fraction of sp³-hybridized carbons (Fsp3) is 0.600. The van der Waals surface area contributed by atoms with Gasteiger partial charge >= 0.3 is 0 Å². The molecule has 62 valence electrons. The molecule has 1 atom stereocenters. The van der Waals surface area contributed by atoms with Crippen LogP contribution in [0.15, 0.2) is 4.34 Å². The molecule has 0 spiro atoms. The molecule has 0 bridgehead atoms. The quantitative estimate of drug-likeness (QED) is 0.681. The van der Waals surface area contributed by atoms with Crippen LogP contribution in [0, 0.1) is 0 Å². The molecule has 0 aliphatic carbocycles. The van der Waals surface area contributed by atoms with Gasteiger partial charge in [0, 0.05) is 11.8 Å². The van der Waals surface area contributed by atoms with Gasteiger partial charge in [-0.05, 0) is 0 Å². The van der Waals surface area contributed by atoms with Crippen molar-refractivity contribution in [1.82, 2.24) is 10.2 Å². The number of hydrogen-bond donors (Lipinski definition) is 2. The summed E-state index contributed by atoms with van der Waals surface area (Å²) in [4.78, 5) is 0. The van der Waals surface area contributed by atoms with Gasteiger partial charge in [0.1, 0.15) is 0 Å². The third-order valence-corrected chi connectivity index (χ3v) is 3.02. The molecule has 1 rings (SSSR count). The highest BCUT2D eigenvalue weighted by Gasteiger charge is 2.05. The van der Waals surface area contributed by atoms with Crippen LogP contribution >= 0.6 is 23.1 Å². The molecular weight excluding hydrogens is 180 g/mol. The van der Waals surface area contributed by atoms with E-state index >= 15 is 0 Å². The number of hydrogen-bond acceptors (Lipinski definition) is 6. The number of aromatic nitrogens is 2. The lowest BCUT2D eigenvalue weighted by atomic mass is 10.5. The van der Waals surface area contributed by atoms with Crippen molar-refractivity contribution in [2.24, 2.45) is 5.73 Å². The van der Waals surface area contributed by atoms with Crippen molar-refractivity contribution in [3.63, 3.8) is 0 Å². The molecule has 0 aromatic carbocycles. The summed E-state index contributed by atoms with van der Waals surface area (Å²) >= 11 is 3.00. The highest BCUT2D eigenvalue weighted by atomic mass is 32.2. The smallest absolute Gasteiger partial charge is 0.203 e. The van der Waals surface area contributed by atoms with Crippen molar-refractivity contribution in [2.75, 3.05) is 12.3 Å². The minimum Gasteiger partial charge on any atom is -0.374 e. The van der Waals surface area contributed by atoms with Gasteiger partial charge in [-0.2, -0.15) is 0 Å². The van der Waals surface area contributed by atoms with E-state index in [0.29, 0.717) is 16.9 Å². The van der Waals surface area contributed by atoms with Crippen LogP contribution in [0.1, 0.15) is 6.92 Å². The van der Waals surface area contributed by atoms with Gasteiger partial charge in [-0.1, -0.05) is 30.0 Å². The molecule has 0 aliphatic rings. The fourth-order valence-electron chi connectivity index (χ4n) is 0.488. The molecule has 11 heavy (non-hydrogen) atoms. The van der Waals surface area contributed by atoms with Crippen LogP contribution in [-0.4, -0.2) is 22.0 Å². The highest BCUT2D eigenvalue weighted by Crippen LogP contribution is 2.26. The number of nitrogens with two attached hydrogens (primary N) is 2. The standard InChI is InChI=1S/C5H10N4S2/c1-3(2-6)10-5-9-8-4(7)11-5/h3H,2,6H2,1H3,(H2,7,8). The average Bonchev–Trinajstić information content (AvgIpc) is 2.35. The van der Waals surface area contributed by atoms with Crippen LogP contribution in [0.2, 0.25) is 0 Å². The average molecular weight is 190 g/mol. The Labute approximate surface area is 73.4 Å². The number of anilines is 1. The zero-order valence-electron chi connectivity index (χ0n) is 6.15. The van der Waals surface area contributed by atoms with Gasteiger partial charge < -0.3 is 11.5 Å². The topological polar surface area (TPSA) is 77.8 Å². The Hall–Kier alpha value is -0.330. The molecule has 0 aliphatic heterocycles. The van der Waals surface area contributed by atoms with E-state index in [0.717, 1.165) is 4.34 Å². The summed E-state index contributed by atoms with van der Waals surface area (Å²) in [5.74, 6) is 0. The van der Waals surface area contributed by atoms with E-state index in [4.69, 9.17) is 11.5 Å². The molecule has 6 heteroatoms.